The van der Waals surface area contributed by atoms with Crippen molar-refractivity contribution in [2.45, 2.75) is 56.4 Å². The third kappa shape index (κ3) is 6.15. The zero-order valence-electron chi connectivity index (χ0n) is 19.4. The second kappa shape index (κ2) is 10.6. The van der Waals surface area contributed by atoms with Gasteiger partial charge in [0.1, 0.15) is 5.75 Å². The third-order valence-corrected chi connectivity index (χ3v) is 8.07. The maximum atomic E-state index is 13.2. The molecule has 2 aromatic carbocycles. The number of carbonyl (C=O) groups excluding carboxylic acids is 2. The molecule has 9 heteroatoms. The van der Waals surface area contributed by atoms with Gasteiger partial charge in [0.15, 0.2) is 6.61 Å². The van der Waals surface area contributed by atoms with Gasteiger partial charge in [0.2, 0.25) is 10.0 Å². The van der Waals surface area contributed by atoms with Crippen molar-refractivity contribution in [3.8, 4) is 5.75 Å². The minimum atomic E-state index is -3.63. The maximum Gasteiger partial charge on any atom is 0.262 e. The molecule has 0 spiro atoms. The van der Waals surface area contributed by atoms with Crippen molar-refractivity contribution in [3.05, 3.63) is 53.6 Å². The van der Waals surface area contributed by atoms with Gasteiger partial charge in [0, 0.05) is 30.4 Å². The van der Waals surface area contributed by atoms with E-state index in [2.05, 4.69) is 10.6 Å². The van der Waals surface area contributed by atoms with Gasteiger partial charge in [-0.3, -0.25) is 9.59 Å². The predicted octanol–water partition coefficient (Wildman–Crippen LogP) is 3.47. The van der Waals surface area contributed by atoms with Crippen molar-refractivity contribution in [2.24, 2.45) is 0 Å². The van der Waals surface area contributed by atoms with Crippen molar-refractivity contribution >= 4 is 27.5 Å². The van der Waals surface area contributed by atoms with Gasteiger partial charge < -0.3 is 15.4 Å². The van der Waals surface area contributed by atoms with E-state index in [0.29, 0.717) is 35.7 Å². The molecule has 1 aliphatic carbocycles. The molecule has 0 unspecified atom stereocenters. The Bertz CT molecular complexity index is 1150. The van der Waals surface area contributed by atoms with Gasteiger partial charge in [-0.05, 0) is 68.5 Å². The fraction of sp³-hybridized carbons (Fsp3) is 0.440. The Kier molecular flexibility index (Phi) is 7.53. The normalized spacial score (nSPS) is 17.0. The van der Waals surface area contributed by atoms with Crippen LogP contribution in [-0.4, -0.2) is 50.3 Å². The van der Waals surface area contributed by atoms with Crippen LogP contribution in [0.15, 0.2) is 47.4 Å². The van der Waals surface area contributed by atoms with Gasteiger partial charge in [0.25, 0.3) is 11.8 Å². The van der Waals surface area contributed by atoms with Crippen molar-refractivity contribution in [2.75, 3.05) is 25.0 Å². The number of amides is 2. The number of nitrogens with zero attached hydrogens (tertiary/aromatic N) is 1. The van der Waals surface area contributed by atoms with E-state index in [9.17, 15) is 18.0 Å². The van der Waals surface area contributed by atoms with E-state index in [-0.39, 0.29) is 23.5 Å². The second-order valence-electron chi connectivity index (χ2n) is 8.91. The number of nitrogens with one attached hydrogen (secondary N) is 2. The molecule has 2 N–H and O–H groups in total. The molecule has 0 bridgehead atoms. The summed E-state index contributed by atoms with van der Waals surface area (Å²) in [5, 5.41) is 5.63. The number of carbonyl (C=O) groups is 2. The van der Waals surface area contributed by atoms with Gasteiger partial charge in [0.05, 0.1) is 4.90 Å². The van der Waals surface area contributed by atoms with Crippen molar-refractivity contribution in [3.63, 3.8) is 0 Å². The van der Waals surface area contributed by atoms with Crippen LogP contribution in [0.5, 0.6) is 5.75 Å². The molecule has 2 aromatic rings. The van der Waals surface area contributed by atoms with Crippen LogP contribution >= 0.6 is 0 Å². The van der Waals surface area contributed by atoms with Crippen LogP contribution in [0.3, 0.4) is 0 Å². The van der Waals surface area contributed by atoms with Crippen LogP contribution in [0.2, 0.25) is 0 Å². The molecule has 0 aromatic heterocycles. The molecule has 182 valence electrons. The number of anilines is 1. The Morgan fingerprint density at radius 3 is 2.47 bits per heavy atom. The molecule has 1 aliphatic heterocycles. The lowest BCUT2D eigenvalue weighted by Crippen LogP contribution is -2.32. The lowest BCUT2D eigenvalue weighted by Gasteiger charge is -2.21. The summed E-state index contributed by atoms with van der Waals surface area (Å²) in [4.78, 5) is 24.9. The first-order valence-corrected chi connectivity index (χ1v) is 13.2. The minimum absolute atomic E-state index is 0.157. The predicted molar refractivity (Wildman–Crippen MR) is 129 cm³/mol. The molecule has 0 radical (unpaired) electrons. The van der Waals surface area contributed by atoms with Crippen LogP contribution < -0.4 is 15.4 Å². The highest BCUT2D eigenvalue weighted by atomic mass is 32.2. The quantitative estimate of drug-likeness (QED) is 0.596. The fourth-order valence-corrected chi connectivity index (χ4v) is 5.71. The first kappa shape index (κ1) is 24.2. The SMILES string of the molecule is Cc1ccc(NC(=O)COc2cccc(C(=O)NC3CC3)c2)cc1S(=O)(=O)N1CCCCCC1. The summed E-state index contributed by atoms with van der Waals surface area (Å²) < 4.78 is 33.6. The monoisotopic (exact) mass is 485 g/mol. The first-order valence-electron chi connectivity index (χ1n) is 11.8. The number of hydrogen-bond acceptors (Lipinski definition) is 5. The van der Waals surface area contributed by atoms with Crippen LogP contribution in [0, 0.1) is 6.92 Å². The maximum absolute atomic E-state index is 13.2. The number of sulfonamides is 1. The molecule has 34 heavy (non-hydrogen) atoms. The zero-order chi connectivity index (χ0) is 24.1. The molecule has 2 aliphatic rings. The zero-order valence-corrected chi connectivity index (χ0v) is 20.2. The number of aryl methyl sites for hydroxylation is 1. The van der Waals surface area contributed by atoms with E-state index in [1.807, 2.05) is 0 Å². The Morgan fingerprint density at radius 1 is 1.03 bits per heavy atom. The number of ether oxygens (including phenoxy) is 1. The van der Waals surface area contributed by atoms with Crippen molar-refractivity contribution in [1.82, 2.24) is 9.62 Å². The van der Waals surface area contributed by atoms with Crippen LogP contribution in [0.4, 0.5) is 5.69 Å². The molecule has 2 fully saturated rings. The molecular formula is C25H31N3O5S. The summed E-state index contributed by atoms with van der Waals surface area (Å²) in [6, 6.07) is 11.8. The number of hydrogen-bond donors (Lipinski definition) is 2. The Labute approximate surface area is 200 Å². The lowest BCUT2D eigenvalue weighted by molar-refractivity contribution is -0.118. The summed E-state index contributed by atoms with van der Waals surface area (Å²) in [7, 11) is -3.63. The van der Waals surface area contributed by atoms with E-state index in [0.717, 1.165) is 38.5 Å². The summed E-state index contributed by atoms with van der Waals surface area (Å²) in [6.45, 7) is 2.52. The second-order valence-corrected chi connectivity index (χ2v) is 10.8. The summed E-state index contributed by atoms with van der Waals surface area (Å²) >= 11 is 0. The van der Waals surface area contributed by atoms with Crippen LogP contribution in [0.25, 0.3) is 0 Å². The van der Waals surface area contributed by atoms with Crippen LogP contribution in [-0.2, 0) is 14.8 Å². The van der Waals surface area contributed by atoms with E-state index in [1.54, 1.807) is 47.6 Å². The molecule has 4 rings (SSSR count). The topological polar surface area (TPSA) is 105 Å². The summed E-state index contributed by atoms with van der Waals surface area (Å²) in [5.41, 5.74) is 1.51. The third-order valence-electron chi connectivity index (χ3n) is 6.03. The highest BCUT2D eigenvalue weighted by Gasteiger charge is 2.27. The molecular weight excluding hydrogens is 454 g/mol. The summed E-state index contributed by atoms with van der Waals surface area (Å²) in [6.07, 6.45) is 5.79. The Morgan fingerprint density at radius 2 is 1.76 bits per heavy atom. The summed E-state index contributed by atoms with van der Waals surface area (Å²) in [5.74, 6) is -0.169. The van der Waals surface area contributed by atoms with Gasteiger partial charge in [-0.1, -0.05) is 25.0 Å². The standard InChI is InChI=1S/C25H31N3O5S/c1-18-9-10-21(16-23(18)34(31,32)28-13-4-2-3-5-14-28)26-24(29)17-33-22-8-6-7-19(15-22)25(30)27-20-11-12-20/h6-10,15-16,20H,2-5,11-14,17H2,1H3,(H,26,29)(H,27,30). The average Bonchev–Trinajstić information content (AvgIpc) is 3.66. The van der Waals surface area contributed by atoms with Crippen molar-refractivity contribution in [1.29, 1.82) is 0 Å². The van der Waals surface area contributed by atoms with Gasteiger partial charge in [-0.15, -0.1) is 0 Å². The van der Waals surface area contributed by atoms with E-state index in [4.69, 9.17) is 4.74 Å². The van der Waals surface area contributed by atoms with Gasteiger partial charge in [-0.25, -0.2) is 8.42 Å². The van der Waals surface area contributed by atoms with Crippen molar-refractivity contribution < 1.29 is 22.7 Å². The fourth-order valence-electron chi connectivity index (χ4n) is 3.95. The number of rotatable bonds is 8. The molecule has 8 nitrogen and oxygen atoms in total. The van der Waals surface area contributed by atoms with Gasteiger partial charge >= 0.3 is 0 Å². The first-order chi connectivity index (χ1) is 16.3. The molecule has 1 saturated heterocycles. The lowest BCUT2D eigenvalue weighted by atomic mass is 10.2. The average molecular weight is 486 g/mol. The van der Waals surface area contributed by atoms with E-state index >= 15 is 0 Å². The molecule has 1 saturated carbocycles. The van der Waals surface area contributed by atoms with E-state index in [1.165, 1.54) is 6.07 Å². The molecule has 2 amide bonds. The van der Waals surface area contributed by atoms with Crippen LogP contribution in [0.1, 0.15) is 54.4 Å². The smallest absolute Gasteiger partial charge is 0.262 e. The molecule has 1 heterocycles. The van der Waals surface area contributed by atoms with E-state index < -0.39 is 15.9 Å². The van der Waals surface area contributed by atoms with Gasteiger partial charge in [-0.2, -0.15) is 4.31 Å². The minimum Gasteiger partial charge on any atom is -0.484 e. The number of benzene rings is 2. The largest absolute Gasteiger partial charge is 0.484 e. The highest BCUT2D eigenvalue weighted by molar-refractivity contribution is 7.89. The highest BCUT2D eigenvalue weighted by Crippen LogP contribution is 2.26. The Balaban J connectivity index is 1.38. The Hall–Kier alpha value is -2.91. The molecule has 0 atom stereocenters.